The first kappa shape index (κ1) is 11.3. The summed E-state index contributed by atoms with van der Waals surface area (Å²) < 4.78 is 6.00. The van der Waals surface area contributed by atoms with Crippen molar-refractivity contribution in [2.45, 2.75) is 12.8 Å². The minimum atomic E-state index is 0.906. The smallest absolute Gasteiger partial charge is 0.130 e. The van der Waals surface area contributed by atoms with E-state index >= 15 is 0 Å². The topological polar surface area (TPSA) is 21.3 Å². The van der Waals surface area contributed by atoms with Gasteiger partial charge in [0, 0.05) is 0 Å². The van der Waals surface area contributed by atoms with Crippen LogP contribution in [0.5, 0.6) is 11.5 Å². The van der Waals surface area contributed by atoms with Crippen LogP contribution in [0.4, 0.5) is 0 Å². The van der Waals surface area contributed by atoms with Crippen LogP contribution in [0.2, 0.25) is 0 Å². The lowest BCUT2D eigenvalue weighted by Crippen LogP contribution is -2.16. The van der Waals surface area contributed by atoms with Gasteiger partial charge < -0.3 is 10.1 Å². The lowest BCUT2D eigenvalue weighted by Gasteiger charge is -2.13. The third-order valence-corrected chi connectivity index (χ3v) is 3.32. The Morgan fingerprint density at radius 1 is 0.833 bits per heavy atom. The minimum absolute atomic E-state index is 0.906. The number of nitrogens with one attached hydrogen (secondary N) is 1. The summed E-state index contributed by atoms with van der Waals surface area (Å²) in [6.07, 6.45) is 2.12. The van der Waals surface area contributed by atoms with Crippen LogP contribution in [0, 0.1) is 0 Å². The third kappa shape index (κ3) is 2.39. The van der Waals surface area contributed by atoms with Crippen molar-refractivity contribution >= 4 is 0 Å². The zero-order chi connectivity index (χ0) is 12.2. The number of ether oxygens (including phenoxy) is 1. The van der Waals surface area contributed by atoms with Crippen LogP contribution in [0.15, 0.2) is 48.5 Å². The number of benzene rings is 2. The molecule has 0 fully saturated rings. The summed E-state index contributed by atoms with van der Waals surface area (Å²) in [5, 5.41) is 3.43. The summed E-state index contributed by atoms with van der Waals surface area (Å²) in [6.45, 7) is 2.09. The standard InChI is InChI=1S/C16H17NO/c1-2-6-14(7-3-1)18-16-8-4-5-13-9-11-17-12-10-15(13)16/h1-8,17H,9-12H2. The maximum atomic E-state index is 6.00. The van der Waals surface area contributed by atoms with Crippen LogP contribution in [0.1, 0.15) is 11.1 Å². The number of hydrogen-bond acceptors (Lipinski definition) is 2. The molecular weight excluding hydrogens is 222 g/mol. The van der Waals surface area contributed by atoms with Crippen LogP contribution in [-0.4, -0.2) is 13.1 Å². The fourth-order valence-electron chi connectivity index (χ4n) is 2.40. The van der Waals surface area contributed by atoms with E-state index in [0.717, 1.165) is 37.4 Å². The van der Waals surface area contributed by atoms with Gasteiger partial charge in [0.2, 0.25) is 0 Å². The van der Waals surface area contributed by atoms with E-state index in [1.807, 2.05) is 30.3 Å². The van der Waals surface area contributed by atoms with E-state index in [4.69, 9.17) is 4.74 Å². The fraction of sp³-hybridized carbons (Fsp3) is 0.250. The van der Waals surface area contributed by atoms with Crippen LogP contribution in [-0.2, 0) is 12.8 Å². The highest BCUT2D eigenvalue weighted by Gasteiger charge is 2.12. The second kappa shape index (κ2) is 5.23. The second-order valence-corrected chi connectivity index (χ2v) is 4.56. The molecule has 0 amide bonds. The Hall–Kier alpha value is -1.80. The molecule has 0 aliphatic carbocycles. The Labute approximate surface area is 108 Å². The van der Waals surface area contributed by atoms with Crippen molar-refractivity contribution in [2.75, 3.05) is 13.1 Å². The Bertz CT molecular complexity index is 522. The Balaban J connectivity index is 1.92. The predicted molar refractivity (Wildman–Crippen MR) is 73.2 cm³/mol. The summed E-state index contributed by atoms with van der Waals surface area (Å²) in [5.74, 6) is 1.91. The molecular formula is C16H17NO. The maximum Gasteiger partial charge on any atom is 0.130 e. The zero-order valence-corrected chi connectivity index (χ0v) is 10.4. The molecule has 18 heavy (non-hydrogen) atoms. The van der Waals surface area contributed by atoms with E-state index in [-0.39, 0.29) is 0 Å². The summed E-state index contributed by atoms with van der Waals surface area (Å²) in [5.41, 5.74) is 2.76. The second-order valence-electron chi connectivity index (χ2n) is 4.56. The zero-order valence-electron chi connectivity index (χ0n) is 10.4. The van der Waals surface area contributed by atoms with Crippen LogP contribution < -0.4 is 10.1 Å². The van der Waals surface area contributed by atoms with Crippen molar-refractivity contribution in [3.05, 3.63) is 59.7 Å². The van der Waals surface area contributed by atoms with Crippen molar-refractivity contribution in [1.82, 2.24) is 5.32 Å². The lowest BCUT2D eigenvalue weighted by molar-refractivity contribution is 0.475. The van der Waals surface area contributed by atoms with Gasteiger partial charge in [-0.1, -0.05) is 30.3 Å². The van der Waals surface area contributed by atoms with Gasteiger partial charge in [-0.15, -0.1) is 0 Å². The number of fused-ring (bicyclic) bond motifs is 1. The van der Waals surface area contributed by atoms with E-state index in [9.17, 15) is 0 Å². The molecule has 1 N–H and O–H groups in total. The van der Waals surface area contributed by atoms with Gasteiger partial charge in [-0.05, 0) is 55.3 Å². The highest BCUT2D eigenvalue weighted by molar-refractivity contribution is 5.43. The molecule has 0 radical (unpaired) electrons. The molecule has 2 aromatic carbocycles. The molecule has 2 heteroatoms. The van der Waals surface area contributed by atoms with E-state index in [0.29, 0.717) is 0 Å². The van der Waals surface area contributed by atoms with Gasteiger partial charge in [-0.3, -0.25) is 0 Å². The van der Waals surface area contributed by atoms with E-state index < -0.39 is 0 Å². The molecule has 0 atom stereocenters. The summed E-state index contributed by atoms with van der Waals surface area (Å²) in [4.78, 5) is 0. The van der Waals surface area contributed by atoms with E-state index in [1.54, 1.807) is 0 Å². The molecule has 1 heterocycles. The van der Waals surface area contributed by atoms with Gasteiger partial charge in [0.25, 0.3) is 0 Å². The predicted octanol–water partition coefficient (Wildman–Crippen LogP) is 3.17. The first-order valence-corrected chi connectivity index (χ1v) is 6.48. The molecule has 1 aliphatic rings. The number of hydrogen-bond donors (Lipinski definition) is 1. The van der Waals surface area contributed by atoms with Gasteiger partial charge >= 0.3 is 0 Å². The van der Waals surface area contributed by atoms with E-state index in [1.165, 1.54) is 11.1 Å². The normalized spacial score (nSPS) is 14.7. The summed E-state index contributed by atoms with van der Waals surface area (Å²) in [6, 6.07) is 16.3. The highest BCUT2D eigenvalue weighted by atomic mass is 16.5. The quantitative estimate of drug-likeness (QED) is 0.869. The molecule has 0 saturated carbocycles. The molecule has 0 spiro atoms. The molecule has 2 aromatic rings. The third-order valence-electron chi connectivity index (χ3n) is 3.32. The Kier molecular flexibility index (Phi) is 3.29. The molecule has 3 rings (SSSR count). The van der Waals surface area contributed by atoms with E-state index in [2.05, 4.69) is 23.5 Å². The molecule has 0 unspecified atom stereocenters. The molecule has 0 aromatic heterocycles. The molecule has 2 nitrogen and oxygen atoms in total. The lowest BCUT2D eigenvalue weighted by atomic mass is 10.0. The fourth-order valence-corrected chi connectivity index (χ4v) is 2.40. The molecule has 0 saturated heterocycles. The first-order valence-electron chi connectivity index (χ1n) is 6.48. The van der Waals surface area contributed by atoms with Crippen molar-refractivity contribution in [1.29, 1.82) is 0 Å². The average molecular weight is 239 g/mol. The van der Waals surface area contributed by atoms with Crippen molar-refractivity contribution in [3.63, 3.8) is 0 Å². The van der Waals surface area contributed by atoms with Gasteiger partial charge in [0.1, 0.15) is 11.5 Å². The highest BCUT2D eigenvalue weighted by Crippen LogP contribution is 2.29. The molecule has 92 valence electrons. The van der Waals surface area contributed by atoms with Crippen molar-refractivity contribution in [3.8, 4) is 11.5 Å². The summed E-state index contributed by atoms with van der Waals surface area (Å²) in [7, 11) is 0. The van der Waals surface area contributed by atoms with Crippen molar-refractivity contribution in [2.24, 2.45) is 0 Å². The first-order chi connectivity index (χ1) is 8.93. The number of para-hydroxylation sites is 1. The minimum Gasteiger partial charge on any atom is -0.457 e. The van der Waals surface area contributed by atoms with Crippen LogP contribution in [0.25, 0.3) is 0 Å². The van der Waals surface area contributed by atoms with Crippen molar-refractivity contribution < 1.29 is 4.74 Å². The van der Waals surface area contributed by atoms with Gasteiger partial charge in [-0.25, -0.2) is 0 Å². The summed E-state index contributed by atoms with van der Waals surface area (Å²) >= 11 is 0. The van der Waals surface area contributed by atoms with Crippen LogP contribution in [0.3, 0.4) is 0 Å². The Morgan fingerprint density at radius 3 is 2.56 bits per heavy atom. The SMILES string of the molecule is c1ccc(Oc2cccc3c2CCNCC3)cc1. The van der Waals surface area contributed by atoms with Gasteiger partial charge in [-0.2, -0.15) is 0 Å². The monoisotopic (exact) mass is 239 g/mol. The Morgan fingerprint density at radius 2 is 1.67 bits per heavy atom. The van der Waals surface area contributed by atoms with Gasteiger partial charge in [0.05, 0.1) is 0 Å². The van der Waals surface area contributed by atoms with Crippen LogP contribution >= 0.6 is 0 Å². The molecule has 0 bridgehead atoms. The number of rotatable bonds is 2. The average Bonchev–Trinajstić information content (AvgIpc) is 2.66. The maximum absolute atomic E-state index is 6.00. The van der Waals surface area contributed by atoms with Gasteiger partial charge in [0.15, 0.2) is 0 Å². The largest absolute Gasteiger partial charge is 0.457 e. The molecule has 1 aliphatic heterocycles.